The van der Waals surface area contributed by atoms with E-state index in [0.717, 1.165) is 20.1 Å². The number of carbonyl (C=O) groups is 2. The second-order valence-electron chi connectivity index (χ2n) is 6.72. The van der Waals surface area contributed by atoms with Crippen molar-refractivity contribution in [1.29, 1.82) is 0 Å². The van der Waals surface area contributed by atoms with E-state index in [1.165, 1.54) is 18.0 Å². The third kappa shape index (κ3) is 6.18. The maximum absolute atomic E-state index is 12.2. The van der Waals surface area contributed by atoms with Crippen LogP contribution in [0.1, 0.15) is 15.9 Å². The Bertz CT molecular complexity index is 1250. The molecule has 0 spiro atoms. The number of para-hydroxylation sites is 1. The summed E-state index contributed by atoms with van der Waals surface area (Å²) in [5.41, 5.74) is 4.61. The van der Waals surface area contributed by atoms with Crippen LogP contribution in [0.3, 0.4) is 0 Å². The van der Waals surface area contributed by atoms with Gasteiger partial charge in [-0.05, 0) is 66.2 Å². The second-order valence-corrected chi connectivity index (χ2v) is 8.97. The number of nitrogens with one attached hydrogen (secondary N) is 1. The van der Waals surface area contributed by atoms with Crippen molar-refractivity contribution >= 4 is 51.4 Å². The topological polar surface area (TPSA) is 89.9 Å². The quantitative estimate of drug-likeness (QED) is 0.129. The minimum Gasteiger partial charge on any atom is -0.497 e. The molecule has 0 aliphatic heterocycles. The highest BCUT2D eigenvalue weighted by Gasteiger charge is 2.09. The van der Waals surface area contributed by atoms with Gasteiger partial charge < -0.3 is 9.47 Å². The summed E-state index contributed by atoms with van der Waals surface area (Å²) in [6, 6.07) is 21.3. The largest absolute Gasteiger partial charge is 0.497 e. The number of fused-ring (bicyclic) bond motifs is 1. The van der Waals surface area contributed by atoms with Crippen LogP contribution in [0.25, 0.3) is 10.2 Å². The first-order chi connectivity index (χ1) is 16.1. The molecule has 0 aliphatic carbocycles. The molecule has 0 unspecified atom stereocenters. The summed E-state index contributed by atoms with van der Waals surface area (Å²) >= 11 is 2.93. The highest BCUT2D eigenvalue weighted by molar-refractivity contribution is 8.01. The number of thioether (sulfide) groups is 1. The molecule has 4 rings (SSSR count). The van der Waals surface area contributed by atoms with Gasteiger partial charge in [-0.25, -0.2) is 15.2 Å². The first-order valence-electron chi connectivity index (χ1n) is 9.87. The van der Waals surface area contributed by atoms with E-state index in [-0.39, 0.29) is 11.7 Å². The molecule has 33 heavy (non-hydrogen) atoms. The second kappa shape index (κ2) is 10.8. The van der Waals surface area contributed by atoms with E-state index in [1.54, 1.807) is 67.0 Å². The molecule has 1 aromatic heterocycles. The smallest absolute Gasteiger partial charge is 0.343 e. The Morgan fingerprint density at radius 2 is 1.76 bits per heavy atom. The zero-order chi connectivity index (χ0) is 23.0. The fourth-order valence-corrected chi connectivity index (χ4v) is 4.63. The molecule has 0 fully saturated rings. The molecule has 3 aromatic carbocycles. The zero-order valence-corrected chi connectivity index (χ0v) is 19.2. The molecule has 1 heterocycles. The average molecular weight is 478 g/mol. The minimum absolute atomic E-state index is 0.220. The number of esters is 1. The fraction of sp³-hybridized carbons (Fsp3) is 0.0833. The number of aromatic nitrogens is 1. The predicted molar refractivity (Wildman–Crippen MR) is 130 cm³/mol. The Morgan fingerprint density at radius 1 is 1.03 bits per heavy atom. The van der Waals surface area contributed by atoms with Gasteiger partial charge in [0, 0.05) is 0 Å². The SMILES string of the molecule is COc1ccc(C(=O)Oc2ccc(/C=N\NC(=O)CSc3nc4ccccc4s3)cc2)cc1. The number of hydrogen-bond acceptors (Lipinski definition) is 8. The summed E-state index contributed by atoms with van der Waals surface area (Å²) in [4.78, 5) is 28.7. The Labute approximate surface area is 198 Å². The van der Waals surface area contributed by atoms with Crippen molar-refractivity contribution in [2.24, 2.45) is 5.10 Å². The van der Waals surface area contributed by atoms with Gasteiger partial charge >= 0.3 is 5.97 Å². The minimum atomic E-state index is -0.461. The number of hydrazone groups is 1. The van der Waals surface area contributed by atoms with Crippen molar-refractivity contribution in [1.82, 2.24) is 10.4 Å². The fourth-order valence-electron chi connectivity index (χ4n) is 2.77. The number of thiazole rings is 1. The average Bonchev–Trinajstić information content (AvgIpc) is 3.27. The summed E-state index contributed by atoms with van der Waals surface area (Å²) in [7, 11) is 1.56. The van der Waals surface area contributed by atoms with E-state index in [1.807, 2.05) is 24.3 Å². The van der Waals surface area contributed by atoms with Gasteiger partial charge in [0.2, 0.25) is 0 Å². The maximum Gasteiger partial charge on any atom is 0.343 e. The number of ether oxygens (including phenoxy) is 2. The van der Waals surface area contributed by atoms with E-state index in [9.17, 15) is 9.59 Å². The molecule has 0 saturated heterocycles. The Morgan fingerprint density at radius 3 is 2.48 bits per heavy atom. The third-order valence-corrected chi connectivity index (χ3v) is 6.60. The molecule has 0 aliphatic rings. The number of amides is 1. The number of hydrogen-bond donors (Lipinski definition) is 1. The van der Waals surface area contributed by atoms with Gasteiger partial charge in [0.1, 0.15) is 11.5 Å². The lowest BCUT2D eigenvalue weighted by atomic mass is 10.2. The number of carbonyl (C=O) groups excluding carboxylic acids is 2. The van der Waals surface area contributed by atoms with Crippen LogP contribution in [0, 0.1) is 0 Å². The van der Waals surface area contributed by atoms with E-state index >= 15 is 0 Å². The zero-order valence-electron chi connectivity index (χ0n) is 17.6. The number of nitrogens with zero attached hydrogens (tertiary/aromatic N) is 2. The molecule has 4 aromatic rings. The molecule has 1 N–H and O–H groups in total. The summed E-state index contributed by atoms with van der Waals surface area (Å²) in [5, 5.41) is 3.98. The van der Waals surface area contributed by atoms with E-state index in [2.05, 4.69) is 15.5 Å². The lowest BCUT2D eigenvalue weighted by Crippen LogP contribution is -2.19. The van der Waals surface area contributed by atoms with Crippen LogP contribution in [-0.4, -0.2) is 35.9 Å². The van der Waals surface area contributed by atoms with Crippen molar-refractivity contribution < 1.29 is 19.1 Å². The van der Waals surface area contributed by atoms with E-state index in [0.29, 0.717) is 17.1 Å². The highest BCUT2D eigenvalue weighted by Crippen LogP contribution is 2.29. The maximum atomic E-state index is 12.2. The van der Waals surface area contributed by atoms with Crippen LogP contribution in [0.2, 0.25) is 0 Å². The number of rotatable bonds is 8. The lowest BCUT2D eigenvalue weighted by molar-refractivity contribution is -0.118. The summed E-state index contributed by atoms with van der Waals surface area (Å²) < 4.78 is 12.4. The summed E-state index contributed by atoms with van der Waals surface area (Å²) in [6.45, 7) is 0. The van der Waals surface area contributed by atoms with Gasteiger partial charge in [0.25, 0.3) is 5.91 Å². The van der Waals surface area contributed by atoms with Gasteiger partial charge in [-0.2, -0.15) is 5.10 Å². The lowest BCUT2D eigenvalue weighted by Gasteiger charge is -2.05. The Balaban J connectivity index is 1.24. The first-order valence-corrected chi connectivity index (χ1v) is 11.7. The standard InChI is InChI=1S/C24H19N3O4S2/c1-30-18-12-8-17(9-13-18)23(29)31-19-10-6-16(7-11-19)14-25-27-22(28)15-32-24-26-20-4-2-3-5-21(20)33-24/h2-14H,15H2,1H3,(H,27,28)/b25-14-. The number of benzene rings is 3. The van der Waals surface area contributed by atoms with Crippen LogP contribution >= 0.6 is 23.1 Å². The molecule has 0 radical (unpaired) electrons. The van der Waals surface area contributed by atoms with Crippen LogP contribution in [0.15, 0.2) is 82.2 Å². The Kier molecular flexibility index (Phi) is 7.33. The van der Waals surface area contributed by atoms with Crippen molar-refractivity contribution in [2.45, 2.75) is 4.34 Å². The van der Waals surface area contributed by atoms with Gasteiger partial charge in [-0.1, -0.05) is 23.9 Å². The molecule has 7 nitrogen and oxygen atoms in total. The van der Waals surface area contributed by atoms with Crippen LogP contribution in [-0.2, 0) is 4.79 Å². The summed E-state index contributed by atoms with van der Waals surface area (Å²) in [5.74, 6) is 0.608. The third-order valence-electron chi connectivity index (χ3n) is 4.42. The first kappa shape index (κ1) is 22.5. The molecule has 0 bridgehead atoms. The molecule has 9 heteroatoms. The monoisotopic (exact) mass is 477 g/mol. The van der Waals surface area contributed by atoms with Crippen molar-refractivity contribution in [3.05, 3.63) is 83.9 Å². The van der Waals surface area contributed by atoms with Crippen LogP contribution in [0.4, 0.5) is 0 Å². The predicted octanol–water partition coefficient (Wildman–Crippen LogP) is 4.77. The van der Waals surface area contributed by atoms with Crippen LogP contribution < -0.4 is 14.9 Å². The van der Waals surface area contributed by atoms with Crippen LogP contribution in [0.5, 0.6) is 11.5 Å². The van der Waals surface area contributed by atoms with Crippen molar-refractivity contribution in [2.75, 3.05) is 12.9 Å². The molecule has 166 valence electrons. The summed E-state index contributed by atoms with van der Waals surface area (Å²) in [6.07, 6.45) is 1.52. The van der Waals surface area contributed by atoms with Gasteiger partial charge in [-0.15, -0.1) is 11.3 Å². The molecule has 1 amide bonds. The normalized spacial score (nSPS) is 10.9. The van der Waals surface area contributed by atoms with Gasteiger partial charge in [0.15, 0.2) is 4.34 Å². The molecular formula is C24H19N3O4S2. The highest BCUT2D eigenvalue weighted by atomic mass is 32.2. The van der Waals surface area contributed by atoms with Crippen molar-refractivity contribution in [3.63, 3.8) is 0 Å². The molecule has 0 atom stereocenters. The van der Waals surface area contributed by atoms with Gasteiger partial charge in [0.05, 0.1) is 34.9 Å². The van der Waals surface area contributed by atoms with E-state index < -0.39 is 5.97 Å². The Hall–Kier alpha value is -3.69. The number of methoxy groups -OCH3 is 1. The van der Waals surface area contributed by atoms with Crippen molar-refractivity contribution in [3.8, 4) is 11.5 Å². The molecule has 0 saturated carbocycles. The molecular weight excluding hydrogens is 458 g/mol. The van der Waals surface area contributed by atoms with E-state index in [4.69, 9.17) is 9.47 Å². The van der Waals surface area contributed by atoms with Gasteiger partial charge in [-0.3, -0.25) is 4.79 Å².